The van der Waals surface area contributed by atoms with Crippen LogP contribution in [0, 0.1) is 0 Å². The van der Waals surface area contributed by atoms with Crippen molar-refractivity contribution in [1.29, 1.82) is 0 Å². The van der Waals surface area contributed by atoms with Crippen LogP contribution in [0.1, 0.15) is 29.4 Å². The molecular formula is C17H22N6O2. The Bertz CT molecular complexity index is 711. The van der Waals surface area contributed by atoms with Gasteiger partial charge in [-0.3, -0.25) is 4.79 Å². The zero-order chi connectivity index (χ0) is 17.6. The van der Waals surface area contributed by atoms with Crippen LogP contribution in [0.15, 0.2) is 31.1 Å². The van der Waals surface area contributed by atoms with Crippen LogP contribution in [-0.2, 0) is 11.2 Å². The molecule has 2 aromatic rings. The molecule has 0 aliphatic carbocycles. The third kappa shape index (κ3) is 3.90. The lowest BCUT2D eigenvalue weighted by Gasteiger charge is -2.25. The summed E-state index contributed by atoms with van der Waals surface area (Å²) in [4.78, 5) is 31.1. The number of ether oxygens (including phenoxy) is 1. The van der Waals surface area contributed by atoms with Gasteiger partial charge in [-0.25, -0.2) is 19.9 Å². The molecule has 3 heterocycles. The highest BCUT2D eigenvalue weighted by Crippen LogP contribution is 2.24. The zero-order valence-electron chi connectivity index (χ0n) is 14.4. The first-order valence-corrected chi connectivity index (χ1v) is 8.35. The fraction of sp³-hybridized carbons (Fsp3) is 0.471. The largest absolute Gasteiger partial charge is 0.380 e. The summed E-state index contributed by atoms with van der Waals surface area (Å²) in [5.41, 5.74) is 1.28. The van der Waals surface area contributed by atoms with E-state index >= 15 is 0 Å². The van der Waals surface area contributed by atoms with Crippen LogP contribution in [0.2, 0.25) is 0 Å². The number of rotatable bonds is 6. The average molecular weight is 342 g/mol. The summed E-state index contributed by atoms with van der Waals surface area (Å²) in [5.74, 6) is 0.687. The van der Waals surface area contributed by atoms with Gasteiger partial charge in [0, 0.05) is 32.6 Å². The van der Waals surface area contributed by atoms with Gasteiger partial charge in [-0.05, 0) is 18.9 Å². The monoisotopic (exact) mass is 342 g/mol. The highest BCUT2D eigenvalue weighted by molar-refractivity contribution is 5.94. The van der Waals surface area contributed by atoms with Crippen molar-refractivity contribution in [3.8, 4) is 0 Å². The number of hydrogen-bond acceptors (Lipinski definition) is 7. The Morgan fingerprint density at radius 2 is 2.20 bits per heavy atom. The molecule has 0 saturated carbocycles. The number of hydrogen-bond donors (Lipinski definition) is 1. The molecule has 2 atom stereocenters. The maximum atomic E-state index is 12.5. The molecule has 8 heteroatoms. The molecule has 0 radical (unpaired) electrons. The first-order chi connectivity index (χ1) is 12.2. The molecule has 1 amide bonds. The Balaban J connectivity index is 1.69. The van der Waals surface area contributed by atoms with Gasteiger partial charge in [0.15, 0.2) is 0 Å². The number of nitrogens with zero attached hydrogens (tertiary/aromatic N) is 5. The molecule has 0 aromatic carbocycles. The van der Waals surface area contributed by atoms with E-state index in [0.29, 0.717) is 18.5 Å². The van der Waals surface area contributed by atoms with Crippen molar-refractivity contribution in [2.75, 3.05) is 25.1 Å². The highest BCUT2D eigenvalue weighted by atomic mass is 16.5. The second kappa shape index (κ2) is 7.98. The van der Waals surface area contributed by atoms with Crippen molar-refractivity contribution in [3.05, 3.63) is 42.4 Å². The van der Waals surface area contributed by atoms with Crippen LogP contribution in [0.5, 0.6) is 0 Å². The number of nitrogens with one attached hydrogen (secondary N) is 1. The smallest absolute Gasteiger partial charge is 0.254 e. The number of methoxy groups -OCH3 is 1. The predicted octanol–water partition coefficient (Wildman–Crippen LogP) is 0.853. The van der Waals surface area contributed by atoms with E-state index in [4.69, 9.17) is 4.74 Å². The first-order valence-electron chi connectivity index (χ1n) is 8.35. The molecule has 0 bridgehead atoms. The Morgan fingerprint density at radius 3 is 2.92 bits per heavy atom. The minimum absolute atomic E-state index is 0.110. The van der Waals surface area contributed by atoms with Crippen LogP contribution in [0.4, 0.5) is 5.82 Å². The van der Waals surface area contributed by atoms with Crippen molar-refractivity contribution in [3.63, 3.8) is 0 Å². The molecule has 3 rings (SSSR count). The maximum Gasteiger partial charge on any atom is 0.254 e. The van der Waals surface area contributed by atoms with Gasteiger partial charge in [-0.15, -0.1) is 0 Å². The third-order valence-electron chi connectivity index (χ3n) is 4.44. The van der Waals surface area contributed by atoms with Gasteiger partial charge in [0.25, 0.3) is 5.91 Å². The van der Waals surface area contributed by atoms with Crippen LogP contribution < -0.4 is 10.2 Å². The Kier molecular flexibility index (Phi) is 5.49. The van der Waals surface area contributed by atoms with E-state index in [1.807, 2.05) is 13.0 Å². The van der Waals surface area contributed by atoms with Gasteiger partial charge >= 0.3 is 0 Å². The van der Waals surface area contributed by atoms with Crippen LogP contribution in [-0.4, -0.2) is 58.2 Å². The maximum absolute atomic E-state index is 12.5. The van der Waals surface area contributed by atoms with Gasteiger partial charge in [-0.1, -0.05) is 6.92 Å². The topological polar surface area (TPSA) is 93.1 Å². The predicted molar refractivity (Wildman–Crippen MR) is 92.3 cm³/mol. The van der Waals surface area contributed by atoms with Gasteiger partial charge in [-0.2, -0.15) is 0 Å². The molecule has 8 nitrogen and oxygen atoms in total. The molecule has 1 aliphatic heterocycles. The summed E-state index contributed by atoms with van der Waals surface area (Å²) >= 11 is 0. The highest BCUT2D eigenvalue weighted by Gasteiger charge is 2.33. The number of carbonyl (C=O) groups excluding carboxylic acids is 1. The lowest BCUT2D eigenvalue weighted by molar-refractivity contribution is 0.0944. The van der Waals surface area contributed by atoms with Crippen LogP contribution in [0.3, 0.4) is 0 Å². The van der Waals surface area contributed by atoms with Crippen molar-refractivity contribution < 1.29 is 9.53 Å². The van der Waals surface area contributed by atoms with Crippen molar-refractivity contribution >= 4 is 11.7 Å². The molecule has 1 N–H and O–H groups in total. The molecule has 2 aromatic heterocycles. The minimum Gasteiger partial charge on any atom is -0.380 e. The van der Waals surface area contributed by atoms with E-state index in [9.17, 15) is 4.79 Å². The zero-order valence-corrected chi connectivity index (χ0v) is 14.4. The van der Waals surface area contributed by atoms with Crippen molar-refractivity contribution in [1.82, 2.24) is 25.3 Å². The van der Waals surface area contributed by atoms with Gasteiger partial charge in [0.1, 0.15) is 18.5 Å². The number of carbonyl (C=O) groups is 1. The summed E-state index contributed by atoms with van der Waals surface area (Å²) in [6.07, 6.45) is 7.90. The van der Waals surface area contributed by atoms with Crippen molar-refractivity contribution in [2.45, 2.75) is 31.9 Å². The number of aromatic nitrogens is 4. The quantitative estimate of drug-likeness (QED) is 0.832. The summed E-state index contributed by atoms with van der Waals surface area (Å²) in [6, 6.07) is 1.98. The first kappa shape index (κ1) is 17.2. The standard InChI is InChI=1S/C17H22N6O2/c1-3-15-14(8-19-11-21-15)17(24)20-7-12-6-13(25-2)9-23(12)16-4-5-18-10-22-16/h4-5,8,10-13H,3,6-7,9H2,1-2H3,(H,20,24)/t12-,13-/m1/s1. The summed E-state index contributed by atoms with van der Waals surface area (Å²) in [7, 11) is 1.71. The van der Waals surface area contributed by atoms with Crippen LogP contribution in [0.25, 0.3) is 0 Å². The van der Waals surface area contributed by atoms with E-state index in [2.05, 4.69) is 30.2 Å². The molecule has 132 valence electrons. The van der Waals surface area contributed by atoms with Crippen LogP contribution >= 0.6 is 0 Å². The van der Waals surface area contributed by atoms with Gasteiger partial charge < -0.3 is 15.0 Å². The van der Waals surface area contributed by atoms with E-state index in [-0.39, 0.29) is 18.1 Å². The third-order valence-corrected chi connectivity index (χ3v) is 4.44. The van der Waals surface area contributed by atoms with Gasteiger partial charge in [0.05, 0.1) is 23.4 Å². The normalized spacial score (nSPS) is 19.8. The van der Waals surface area contributed by atoms with E-state index < -0.39 is 0 Å². The second-order valence-corrected chi connectivity index (χ2v) is 5.91. The number of anilines is 1. The minimum atomic E-state index is -0.152. The van der Waals surface area contributed by atoms with E-state index in [0.717, 1.165) is 24.5 Å². The van der Waals surface area contributed by atoms with E-state index in [1.54, 1.807) is 19.5 Å². The molecule has 0 spiro atoms. The Morgan fingerprint density at radius 1 is 1.36 bits per heavy atom. The Labute approximate surface area is 146 Å². The molecule has 0 unspecified atom stereocenters. The fourth-order valence-electron chi connectivity index (χ4n) is 3.10. The molecule has 25 heavy (non-hydrogen) atoms. The number of amides is 1. The molecule has 1 fully saturated rings. The molecule has 1 saturated heterocycles. The SMILES string of the molecule is CCc1ncncc1C(=O)NC[C@H]1C[C@@H](OC)CN1c1ccncn1. The summed E-state index contributed by atoms with van der Waals surface area (Å²) in [5, 5.41) is 3.00. The summed E-state index contributed by atoms with van der Waals surface area (Å²) < 4.78 is 5.50. The fourth-order valence-corrected chi connectivity index (χ4v) is 3.10. The second-order valence-electron chi connectivity index (χ2n) is 5.91. The molecular weight excluding hydrogens is 320 g/mol. The summed E-state index contributed by atoms with van der Waals surface area (Å²) in [6.45, 7) is 3.21. The lowest BCUT2D eigenvalue weighted by atomic mass is 10.1. The average Bonchev–Trinajstić information content (AvgIpc) is 3.10. The van der Waals surface area contributed by atoms with E-state index in [1.165, 1.54) is 12.7 Å². The van der Waals surface area contributed by atoms with Gasteiger partial charge in [0.2, 0.25) is 0 Å². The molecule has 1 aliphatic rings. The Hall–Kier alpha value is -2.61. The number of aryl methyl sites for hydroxylation is 1. The van der Waals surface area contributed by atoms with Crippen molar-refractivity contribution in [2.24, 2.45) is 0 Å². The lowest BCUT2D eigenvalue weighted by Crippen LogP contribution is -2.40.